The Hall–Kier alpha value is -1.42. The van der Waals surface area contributed by atoms with Gasteiger partial charge in [0.1, 0.15) is 12.9 Å². The number of nitrogens with two attached hydrogens (primary N) is 1. The van der Waals surface area contributed by atoms with Gasteiger partial charge in [-0.3, -0.25) is 2.78 Å². The van der Waals surface area contributed by atoms with Gasteiger partial charge < -0.3 is 15.6 Å². The van der Waals surface area contributed by atoms with Crippen LogP contribution in [-0.2, 0) is 0 Å². The summed E-state index contributed by atoms with van der Waals surface area (Å²) >= 11 is 2.04. The van der Waals surface area contributed by atoms with Crippen LogP contribution >= 0.6 is 22.9 Å². The van der Waals surface area contributed by atoms with Crippen LogP contribution in [0.2, 0.25) is 0 Å². The zero-order valence-electron chi connectivity index (χ0n) is 8.75. The molecule has 0 atom stereocenters. The topological polar surface area (TPSA) is 99.1 Å². The van der Waals surface area contributed by atoms with Gasteiger partial charge >= 0.3 is 0 Å². The van der Waals surface area contributed by atoms with Crippen molar-refractivity contribution in [2.24, 2.45) is 0 Å². The van der Waals surface area contributed by atoms with Crippen LogP contribution in [0.25, 0.3) is 11.2 Å². The van der Waals surface area contributed by atoms with Crippen molar-refractivity contribution >= 4 is 40.0 Å². The smallest absolute Gasteiger partial charge is 0.247 e. The minimum atomic E-state index is -0.0208. The molecule has 2 aromatic rings. The number of anilines is 1. The van der Waals surface area contributed by atoms with Crippen LogP contribution in [0, 0.1) is 0 Å². The molecular weight excluding hydrogens is 337 g/mol. The van der Waals surface area contributed by atoms with Crippen molar-refractivity contribution in [2.45, 2.75) is 0 Å². The van der Waals surface area contributed by atoms with Crippen LogP contribution in [0.3, 0.4) is 0 Å². The van der Waals surface area contributed by atoms with Gasteiger partial charge in [0.2, 0.25) is 11.8 Å². The van der Waals surface area contributed by atoms with Gasteiger partial charge in [-0.15, -0.1) is 0 Å². The standard InChI is InChI=1S/C9H10IN5O2/c10-15-5-12-6-7(15)13-9(11)14-8(6)17-4-2-1-3-16/h1-2,5,16H,3-4H2,(H2,11,13,14)/b2-1+. The van der Waals surface area contributed by atoms with E-state index in [0.717, 1.165) is 0 Å². The number of aliphatic hydroxyl groups is 1. The molecule has 0 spiro atoms. The quantitative estimate of drug-likeness (QED) is 0.619. The van der Waals surface area contributed by atoms with Crippen molar-refractivity contribution in [1.29, 1.82) is 0 Å². The molecule has 0 aromatic carbocycles. The molecule has 0 aliphatic rings. The second kappa shape index (κ2) is 5.27. The number of hydrogen-bond acceptors (Lipinski definition) is 6. The van der Waals surface area contributed by atoms with E-state index in [2.05, 4.69) is 15.0 Å². The average molecular weight is 347 g/mol. The first-order valence-electron chi connectivity index (χ1n) is 4.77. The number of aromatic nitrogens is 4. The first kappa shape index (κ1) is 12.0. The molecule has 0 radical (unpaired) electrons. The fourth-order valence-corrected chi connectivity index (χ4v) is 1.70. The summed E-state index contributed by atoms with van der Waals surface area (Å²) in [5, 5.41) is 8.58. The minimum Gasteiger partial charge on any atom is -0.472 e. The second-order valence-electron chi connectivity index (χ2n) is 3.08. The van der Waals surface area contributed by atoms with E-state index >= 15 is 0 Å². The summed E-state index contributed by atoms with van der Waals surface area (Å²) in [5.41, 5.74) is 6.75. The fourth-order valence-electron chi connectivity index (χ4n) is 1.23. The van der Waals surface area contributed by atoms with Crippen molar-refractivity contribution in [3.63, 3.8) is 0 Å². The van der Waals surface area contributed by atoms with E-state index in [1.165, 1.54) is 0 Å². The number of ether oxygens (including phenoxy) is 1. The second-order valence-corrected chi connectivity index (χ2v) is 4.12. The summed E-state index contributed by atoms with van der Waals surface area (Å²) in [6.45, 7) is 0.271. The lowest BCUT2D eigenvalue weighted by Crippen LogP contribution is -2.02. The average Bonchev–Trinajstić information content (AvgIpc) is 2.67. The number of rotatable bonds is 4. The van der Waals surface area contributed by atoms with Crippen LogP contribution in [-0.4, -0.2) is 36.1 Å². The number of fused-ring (bicyclic) bond motifs is 1. The molecule has 0 aliphatic carbocycles. The van der Waals surface area contributed by atoms with Gasteiger partial charge in [-0.1, -0.05) is 6.08 Å². The Kier molecular flexibility index (Phi) is 3.74. The number of nitrogens with zero attached hydrogens (tertiary/aromatic N) is 4. The normalized spacial score (nSPS) is 11.4. The summed E-state index contributed by atoms with van der Waals surface area (Å²) in [7, 11) is 0. The minimum absolute atomic E-state index is 0.0208. The maximum Gasteiger partial charge on any atom is 0.247 e. The van der Waals surface area contributed by atoms with E-state index in [1.54, 1.807) is 21.3 Å². The van der Waals surface area contributed by atoms with Gasteiger partial charge in [0.25, 0.3) is 0 Å². The highest BCUT2D eigenvalue weighted by Crippen LogP contribution is 2.22. The SMILES string of the molecule is Nc1nc(OC/C=C/CO)c2ncn(I)c2n1. The zero-order valence-corrected chi connectivity index (χ0v) is 10.9. The highest BCUT2D eigenvalue weighted by Gasteiger charge is 2.11. The number of nitrogen functional groups attached to an aromatic ring is 1. The van der Waals surface area contributed by atoms with Crippen molar-refractivity contribution in [1.82, 2.24) is 17.7 Å². The summed E-state index contributed by atoms with van der Waals surface area (Å²) in [6.07, 6.45) is 4.87. The maximum absolute atomic E-state index is 8.58. The lowest BCUT2D eigenvalue weighted by atomic mass is 10.5. The largest absolute Gasteiger partial charge is 0.472 e. The Balaban J connectivity index is 2.29. The molecule has 0 unspecified atom stereocenters. The number of imidazole rings is 1. The number of halogens is 1. The van der Waals surface area contributed by atoms with E-state index in [-0.39, 0.29) is 12.6 Å². The van der Waals surface area contributed by atoms with Gasteiger partial charge in [-0.25, -0.2) is 4.98 Å². The van der Waals surface area contributed by atoms with Gasteiger partial charge in [0.15, 0.2) is 11.2 Å². The van der Waals surface area contributed by atoms with E-state index in [9.17, 15) is 0 Å². The highest BCUT2D eigenvalue weighted by atomic mass is 127. The molecule has 0 saturated carbocycles. The summed E-state index contributed by atoms with van der Waals surface area (Å²) in [6, 6.07) is 0. The first-order chi connectivity index (χ1) is 8.22. The molecule has 0 bridgehead atoms. The molecule has 8 heteroatoms. The number of hydrogen-bond donors (Lipinski definition) is 2. The monoisotopic (exact) mass is 347 g/mol. The Labute approximate surface area is 111 Å². The van der Waals surface area contributed by atoms with Crippen molar-refractivity contribution in [2.75, 3.05) is 18.9 Å². The third kappa shape index (κ3) is 2.64. The Morgan fingerprint density at radius 3 is 3.06 bits per heavy atom. The van der Waals surface area contributed by atoms with Gasteiger partial charge in [0.05, 0.1) is 29.5 Å². The Bertz CT molecular complexity index is 554. The molecule has 0 saturated heterocycles. The lowest BCUT2D eigenvalue weighted by Gasteiger charge is -2.03. The highest BCUT2D eigenvalue weighted by molar-refractivity contribution is 14.1. The molecule has 90 valence electrons. The summed E-state index contributed by atoms with van der Waals surface area (Å²) in [4.78, 5) is 12.2. The summed E-state index contributed by atoms with van der Waals surface area (Å²) < 4.78 is 7.12. The molecule has 7 nitrogen and oxygen atoms in total. The number of aliphatic hydroxyl groups excluding tert-OH is 1. The van der Waals surface area contributed by atoms with Gasteiger partial charge in [-0.05, 0) is 6.08 Å². The Morgan fingerprint density at radius 2 is 2.29 bits per heavy atom. The molecule has 0 fully saturated rings. The molecule has 3 N–H and O–H groups in total. The zero-order chi connectivity index (χ0) is 12.3. The lowest BCUT2D eigenvalue weighted by molar-refractivity contribution is 0.334. The van der Waals surface area contributed by atoms with E-state index in [0.29, 0.717) is 23.7 Å². The van der Waals surface area contributed by atoms with Crippen LogP contribution in [0.1, 0.15) is 0 Å². The van der Waals surface area contributed by atoms with Crippen LogP contribution in [0.5, 0.6) is 5.88 Å². The van der Waals surface area contributed by atoms with Gasteiger partial charge in [0, 0.05) is 0 Å². The molecular formula is C9H10IN5O2. The third-order valence-corrected chi connectivity index (χ3v) is 2.64. The molecule has 2 aromatic heterocycles. The third-order valence-electron chi connectivity index (χ3n) is 1.93. The van der Waals surface area contributed by atoms with Crippen LogP contribution in [0.4, 0.5) is 5.95 Å². The van der Waals surface area contributed by atoms with E-state index in [4.69, 9.17) is 15.6 Å². The van der Waals surface area contributed by atoms with Crippen LogP contribution in [0.15, 0.2) is 18.5 Å². The predicted octanol–water partition coefficient (Wildman–Crippen LogP) is 0.534. The first-order valence-corrected chi connectivity index (χ1v) is 5.74. The Morgan fingerprint density at radius 1 is 1.47 bits per heavy atom. The maximum atomic E-state index is 8.58. The predicted molar refractivity (Wildman–Crippen MR) is 70.9 cm³/mol. The molecule has 2 heterocycles. The van der Waals surface area contributed by atoms with Crippen molar-refractivity contribution in [3.8, 4) is 5.88 Å². The molecule has 2 rings (SSSR count). The van der Waals surface area contributed by atoms with E-state index < -0.39 is 0 Å². The molecule has 0 aliphatic heterocycles. The molecule has 17 heavy (non-hydrogen) atoms. The molecule has 0 amide bonds. The van der Waals surface area contributed by atoms with E-state index in [1.807, 2.05) is 22.9 Å². The van der Waals surface area contributed by atoms with Crippen molar-refractivity contribution < 1.29 is 9.84 Å². The van der Waals surface area contributed by atoms with Gasteiger partial charge in [-0.2, -0.15) is 9.97 Å². The van der Waals surface area contributed by atoms with Crippen molar-refractivity contribution in [3.05, 3.63) is 18.5 Å². The summed E-state index contributed by atoms with van der Waals surface area (Å²) in [5.74, 6) is 0.475. The van der Waals surface area contributed by atoms with Crippen LogP contribution < -0.4 is 10.5 Å². The fraction of sp³-hybridized carbons (Fsp3) is 0.222.